The van der Waals surface area contributed by atoms with E-state index < -0.39 is 10.8 Å². The average molecular weight is 256 g/mol. The van der Waals surface area contributed by atoms with Crippen molar-refractivity contribution < 1.29 is 8.95 Å². The van der Waals surface area contributed by atoms with Gasteiger partial charge in [0.15, 0.2) is 0 Å². The van der Waals surface area contributed by atoms with Crippen LogP contribution in [0.4, 0.5) is 0 Å². The molecule has 1 heterocycles. The Morgan fingerprint density at radius 1 is 1.53 bits per heavy atom. The Kier molecular flexibility index (Phi) is 5.08. The second kappa shape index (κ2) is 6.12. The van der Waals surface area contributed by atoms with Crippen molar-refractivity contribution in [2.45, 2.75) is 31.8 Å². The summed E-state index contributed by atoms with van der Waals surface area (Å²) in [6, 6.07) is 0. The van der Waals surface area contributed by atoms with E-state index in [1.807, 2.05) is 20.8 Å². The van der Waals surface area contributed by atoms with Gasteiger partial charge < -0.3 is 10.5 Å². The Hall–Kier alpha value is -0.940. The minimum absolute atomic E-state index is 0.0107. The van der Waals surface area contributed by atoms with Crippen LogP contribution < -0.4 is 10.5 Å². The van der Waals surface area contributed by atoms with Crippen LogP contribution in [0.15, 0.2) is 6.20 Å². The van der Waals surface area contributed by atoms with E-state index in [4.69, 9.17) is 10.5 Å². The van der Waals surface area contributed by atoms with Gasteiger partial charge in [-0.1, -0.05) is 0 Å². The summed E-state index contributed by atoms with van der Waals surface area (Å²) in [7, 11) is 0.652. The number of ether oxygens (including phenoxy) is 1. The molecule has 2 N–H and O–H groups in total. The first kappa shape index (κ1) is 14.1. The molecule has 1 aromatic heterocycles. The Morgan fingerprint density at radius 3 is 2.71 bits per heavy atom. The number of rotatable bonds is 5. The van der Waals surface area contributed by atoms with Gasteiger partial charge in [0.1, 0.15) is 5.75 Å². The largest absolute Gasteiger partial charge is 0.496 e. The molecule has 1 aromatic rings. The number of nitrogens with two attached hydrogens (primary N) is 1. The molecule has 0 amide bonds. The van der Waals surface area contributed by atoms with E-state index in [-0.39, 0.29) is 5.25 Å². The van der Waals surface area contributed by atoms with Gasteiger partial charge in [-0.2, -0.15) is 0 Å². The topological polar surface area (TPSA) is 65.2 Å². The first-order valence-corrected chi connectivity index (χ1v) is 6.95. The normalized spacial score (nSPS) is 14.4. The van der Waals surface area contributed by atoms with E-state index in [1.165, 1.54) is 0 Å². The maximum atomic E-state index is 11.9. The van der Waals surface area contributed by atoms with Crippen molar-refractivity contribution in [1.82, 2.24) is 4.98 Å². The fraction of sp³-hybridized carbons (Fsp3) is 0.583. The lowest BCUT2D eigenvalue weighted by Crippen LogP contribution is -2.23. The minimum Gasteiger partial charge on any atom is -0.496 e. The van der Waals surface area contributed by atoms with Crippen LogP contribution in [0, 0.1) is 13.8 Å². The van der Waals surface area contributed by atoms with Gasteiger partial charge in [0.2, 0.25) is 0 Å². The molecule has 0 aliphatic heterocycles. The van der Waals surface area contributed by atoms with E-state index in [0.717, 1.165) is 22.6 Å². The zero-order valence-corrected chi connectivity index (χ0v) is 11.6. The Balaban J connectivity index is 2.97. The fourth-order valence-corrected chi connectivity index (χ4v) is 2.66. The first-order chi connectivity index (χ1) is 8.01. The monoisotopic (exact) mass is 256 g/mol. The number of hydrogen-bond acceptors (Lipinski definition) is 4. The van der Waals surface area contributed by atoms with Crippen molar-refractivity contribution in [3.05, 3.63) is 23.0 Å². The zero-order valence-electron chi connectivity index (χ0n) is 10.8. The molecule has 4 nitrogen and oxygen atoms in total. The summed E-state index contributed by atoms with van der Waals surface area (Å²) >= 11 is 0. The van der Waals surface area contributed by atoms with Crippen LogP contribution in [0.3, 0.4) is 0 Å². The van der Waals surface area contributed by atoms with Gasteiger partial charge in [0.05, 0.1) is 18.6 Å². The summed E-state index contributed by atoms with van der Waals surface area (Å²) < 4.78 is 17.3. The molecule has 0 aliphatic rings. The number of methoxy groups -OCH3 is 1. The van der Waals surface area contributed by atoms with Gasteiger partial charge in [-0.25, -0.2) is 0 Å². The summed E-state index contributed by atoms with van der Waals surface area (Å²) in [6.07, 6.45) is 1.76. The Morgan fingerprint density at radius 2 is 2.18 bits per heavy atom. The number of aryl methyl sites for hydroxylation is 1. The molecule has 5 heteroatoms. The first-order valence-electron chi connectivity index (χ1n) is 5.57. The van der Waals surface area contributed by atoms with Crippen molar-refractivity contribution in [3.8, 4) is 5.75 Å². The lowest BCUT2D eigenvalue weighted by atomic mass is 10.1. The molecule has 1 rings (SSSR count). The molecule has 2 atom stereocenters. The minimum atomic E-state index is -0.986. The second-order valence-corrected chi connectivity index (χ2v) is 5.97. The summed E-state index contributed by atoms with van der Waals surface area (Å²) in [6.45, 7) is 6.20. The van der Waals surface area contributed by atoms with Crippen LogP contribution in [0.5, 0.6) is 5.75 Å². The summed E-state index contributed by atoms with van der Waals surface area (Å²) in [5.41, 5.74) is 8.29. The lowest BCUT2D eigenvalue weighted by molar-refractivity contribution is 0.407. The highest BCUT2D eigenvalue weighted by atomic mass is 32.2. The van der Waals surface area contributed by atoms with E-state index in [9.17, 15) is 4.21 Å². The molecule has 0 saturated carbocycles. The van der Waals surface area contributed by atoms with Crippen LogP contribution >= 0.6 is 0 Å². The van der Waals surface area contributed by atoms with Crippen molar-refractivity contribution in [3.63, 3.8) is 0 Å². The fourth-order valence-electron chi connectivity index (χ4n) is 1.60. The smallest absolute Gasteiger partial charge is 0.128 e. The lowest BCUT2D eigenvalue weighted by Gasteiger charge is -2.13. The average Bonchev–Trinajstić information content (AvgIpc) is 2.32. The molecular weight excluding hydrogens is 236 g/mol. The molecule has 0 saturated heterocycles. The molecule has 0 radical (unpaired) electrons. The second-order valence-electron chi connectivity index (χ2n) is 4.12. The van der Waals surface area contributed by atoms with Crippen LogP contribution in [0.2, 0.25) is 0 Å². The summed E-state index contributed by atoms with van der Waals surface area (Å²) in [4.78, 5) is 4.33. The Bertz CT molecular complexity index is 421. The van der Waals surface area contributed by atoms with Gasteiger partial charge >= 0.3 is 0 Å². The van der Waals surface area contributed by atoms with Crippen molar-refractivity contribution in [1.29, 1.82) is 0 Å². The molecule has 17 heavy (non-hydrogen) atoms. The predicted molar refractivity (Wildman–Crippen MR) is 70.6 cm³/mol. The van der Waals surface area contributed by atoms with Crippen LogP contribution in [0.25, 0.3) is 0 Å². The molecular formula is C12H20N2O2S. The van der Waals surface area contributed by atoms with Crippen molar-refractivity contribution in [2.75, 3.05) is 13.7 Å². The van der Waals surface area contributed by atoms with Crippen LogP contribution in [-0.4, -0.2) is 28.1 Å². The number of aromatic nitrogens is 1. The number of nitrogens with zero attached hydrogens (tertiary/aromatic N) is 1. The third kappa shape index (κ3) is 3.26. The van der Waals surface area contributed by atoms with E-state index in [1.54, 1.807) is 13.3 Å². The maximum Gasteiger partial charge on any atom is 0.128 e. The van der Waals surface area contributed by atoms with Crippen LogP contribution in [0.1, 0.15) is 23.7 Å². The number of pyridine rings is 1. The third-order valence-corrected chi connectivity index (χ3v) is 4.46. The zero-order chi connectivity index (χ0) is 13.0. The standard InChI is InChI=1S/C12H20N2O2S/c1-8-6-14-11(10(3)12(8)16-4)7-17(15)9(2)5-13/h6,9H,5,7,13H2,1-4H3. The molecule has 96 valence electrons. The quantitative estimate of drug-likeness (QED) is 0.862. The highest BCUT2D eigenvalue weighted by molar-refractivity contribution is 7.84. The molecule has 0 bridgehead atoms. The summed E-state index contributed by atoms with van der Waals surface area (Å²) in [5.74, 6) is 1.26. The third-order valence-electron chi connectivity index (χ3n) is 2.81. The van der Waals surface area contributed by atoms with Crippen molar-refractivity contribution >= 4 is 10.8 Å². The highest BCUT2D eigenvalue weighted by Crippen LogP contribution is 2.24. The molecule has 0 fully saturated rings. The predicted octanol–water partition coefficient (Wildman–Crippen LogP) is 1.30. The highest BCUT2D eigenvalue weighted by Gasteiger charge is 2.15. The van der Waals surface area contributed by atoms with Gasteiger partial charge in [-0.05, 0) is 20.8 Å². The van der Waals surface area contributed by atoms with Gasteiger partial charge in [-0.3, -0.25) is 9.19 Å². The van der Waals surface area contributed by atoms with E-state index in [2.05, 4.69) is 4.98 Å². The molecule has 0 aliphatic carbocycles. The van der Waals surface area contributed by atoms with Crippen LogP contribution in [-0.2, 0) is 16.6 Å². The van der Waals surface area contributed by atoms with Gasteiger partial charge in [0.25, 0.3) is 0 Å². The van der Waals surface area contributed by atoms with E-state index >= 15 is 0 Å². The van der Waals surface area contributed by atoms with E-state index in [0.29, 0.717) is 12.3 Å². The molecule has 0 spiro atoms. The summed E-state index contributed by atoms with van der Waals surface area (Å²) in [5, 5.41) is -0.0107. The molecule has 2 unspecified atom stereocenters. The number of hydrogen-bond donors (Lipinski definition) is 1. The Labute approximate surface area is 105 Å². The van der Waals surface area contributed by atoms with Gasteiger partial charge in [-0.15, -0.1) is 0 Å². The SMILES string of the molecule is COc1c(C)cnc(CS(=O)C(C)CN)c1C. The molecule has 0 aromatic carbocycles. The van der Waals surface area contributed by atoms with Gasteiger partial charge in [0, 0.05) is 39.9 Å². The maximum absolute atomic E-state index is 11.9. The van der Waals surface area contributed by atoms with Crippen molar-refractivity contribution in [2.24, 2.45) is 5.73 Å².